The Morgan fingerprint density at radius 3 is 2.80 bits per heavy atom. The van der Waals surface area contributed by atoms with E-state index in [-0.39, 0.29) is 12.4 Å². The largest absolute Gasteiger partial charge is 0.497 e. The summed E-state index contributed by atoms with van der Waals surface area (Å²) in [5.41, 5.74) is 1.20. The molecule has 1 fully saturated rings. The van der Waals surface area contributed by atoms with Crippen molar-refractivity contribution in [3.8, 4) is 5.75 Å². The summed E-state index contributed by atoms with van der Waals surface area (Å²) < 4.78 is 11.0. The number of benzene rings is 1. The van der Waals surface area contributed by atoms with Crippen LogP contribution in [-0.2, 0) is 6.42 Å². The van der Waals surface area contributed by atoms with E-state index in [1.54, 1.807) is 7.11 Å². The molecular weight excluding hydrogens is 276 g/mol. The summed E-state index contributed by atoms with van der Waals surface area (Å²) in [7, 11) is 1.67. The van der Waals surface area contributed by atoms with Crippen LogP contribution in [0.4, 0.5) is 0 Å². The van der Waals surface area contributed by atoms with Gasteiger partial charge in [0.25, 0.3) is 0 Å². The van der Waals surface area contributed by atoms with Crippen LogP contribution in [0.15, 0.2) is 34.9 Å². The van der Waals surface area contributed by atoms with E-state index in [1.165, 1.54) is 12.0 Å². The van der Waals surface area contributed by atoms with Gasteiger partial charge in [-0.2, -0.15) is 0 Å². The average Bonchev–Trinajstić information content (AvgIpc) is 3.10. The normalized spacial score (nSPS) is 17.8. The Labute approximate surface area is 125 Å². The minimum absolute atomic E-state index is 0. The zero-order chi connectivity index (χ0) is 13.1. The maximum Gasteiger partial charge on any atom is 0.211 e. The van der Waals surface area contributed by atoms with Gasteiger partial charge in [0, 0.05) is 6.42 Å². The van der Waals surface area contributed by atoms with E-state index >= 15 is 0 Å². The van der Waals surface area contributed by atoms with Gasteiger partial charge in [-0.15, -0.1) is 12.4 Å². The van der Waals surface area contributed by atoms with Gasteiger partial charge in [-0.3, -0.25) is 0 Å². The number of hydrogen-bond acceptors (Lipinski definition) is 4. The number of aromatic nitrogens is 1. The smallest absolute Gasteiger partial charge is 0.211 e. The zero-order valence-corrected chi connectivity index (χ0v) is 12.3. The summed E-state index contributed by atoms with van der Waals surface area (Å²) in [6, 6.07) is 8.32. The number of halogens is 1. The maximum atomic E-state index is 5.82. The van der Waals surface area contributed by atoms with Crippen LogP contribution in [-0.4, -0.2) is 18.6 Å². The van der Waals surface area contributed by atoms with Gasteiger partial charge in [0.15, 0.2) is 0 Å². The molecule has 1 saturated heterocycles. The predicted octanol–water partition coefficient (Wildman–Crippen LogP) is 3.12. The molecule has 0 bridgehead atoms. The van der Waals surface area contributed by atoms with Crippen LogP contribution < -0.4 is 10.1 Å². The van der Waals surface area contributed by atoms with Crippen LogP contribution in [0, 0.1) is 0 Å². The van der Waals surface area contributed by atoms with Crippen molar-refractivity contribution in [3.63, 3.8) is 0 Å². The van der Waals surface area contributed by atoms with Crippen molar-refractivity contribution < 1.29 is 9.15 Å². The Kier molecular flexibility index (Phi) is 5.04. The van der Waals surface area contributed by atoms with Crippen molar-refractivity contribution in [1.82, 2.24) is 10.3 Å². The van der Waals surface area contributed by atoms with Crippen molar-refractivity contribution in [3.05, 3.63) is 47.7 Å². The fourth-order valence-corrected chi connectivity index (χ4v) is 2.41. The Hall–Kier alpha value is -1.52. The molecule has 0 saturated carbocycles. The highest BCUT2D eigenvalue weighted by atomic mass is 35.5. The molecule has 1 unspecified atom stereocenters. The molecular formula is C15H19ClN2O2. The lowest BCUT2D eigenvalue weighted by Crippen LogP contribution is -2.12. The Balaban J connectivity index is 0.00000147. The van der Waals surface area contributed by atoms with Crippen molar-refractivity contribution in [1.29, 1.82) is 0 Å². The van der Waals surface area contributed by atoms with Crippen molar-refractivity contribution >= 4 is 12.4 Å². The van der Waals surface area contributed by atoms with E-state index in [0.717, 1.165) is 36.8 Å². The van der Waals surface area contributed by atoms with E-state index in [1.807, 2.05) is 18.3 Å². The highest BCUT2D eigenvalue weighted by molar-refractivity contribution is 5.85. The SMILES string of the molecule is COc1ccc(Cc2cnc(C3CCCN3)o2)cc1.Cl. The minimum Gasteiger partial charge on any atom is -0.497 e. The Bertz CT molecular complexity index is 533. The van der Waals surface area contributed by atoms with E-state index < -0.39 is 0 Å². The first kappa shape index (κ1) is 14.9. The van der Waals surface area contributed by atoms with Crippen LogP contribution in [0.25, 0.3) is 0 Å². The molecule has 4 nitrogen and oxygen atoms in total. The molecule has 108 valence electrons. The van der Waals surface area contributed by atoms with Crippen LogP contribution in [0.5, 0.6) is 5.75 Å². The molecule has 1 aliphatic rings. The molecule has 5 heteroatoms. The van der Waals surface area contributed by atoms with Gasteiger partial charge in [-0.25, -0.2) is 4.98 Å². The number of ether oxygens (including phenoxy) is 1. The van der Waals surface area contributed by atoms with Crippen molar-refractivity contribution in [2.75, 3.05) is 13.7 Å². The molecule has 1 N–H and O–H groups in total. The molecule has 1 atom stereocenters. The molecule has 0 amide bonds. The summed E-state index contributed by atoms with van der Waals surface area (Å²) >= 11 is 0. The van der Waals surface area contributed by atoms with Crippen LogP contribution in [0.2, 0.25) is 0 Å². The number of rotatable bonds is 4. The standard InChI is InChI=1S/C15H18N2O2.ClH/c1-18-12-6-4-11(5-7-12)9-13-10-17-15(19-13)14-3-2-8-16-14;/h4-7,10,14,16H,2-3,8-9H2,1H3;1H. The summed E-state index contributed by atoms with van der Waals surface area (Å²) in [6.07, 6.45) is 4.91. The third kappa shape index (κ3) is 3.32. The minimum atomic E-state index is 0. The summed E-state index contributed by atoms with van der Waals surface area (Å²) in [5.74, 6) is 2.60. The molecule has 1 aromatic heterocycles. The molecule has 0 aliphatic carbocycles. The first-order chi connectivity index (χ1) is 9.35. The lowest BCUT2D eigenvalue weighted by Gasteiger charge is -2.04. The third-order valence-electron chi connectivity index (χ3n) is 3.47. The zero-order valence-electron chi connectivity index (χ0n) is 11.5. The number of methoxy groups -OCH3 is 1. The van der Waals surface area contributed by atoms with Gasteiger partial charge in [0.2, 0.25) is 5.89 Å². The molecule has 3 rings (SSSR count). The van der Waals surface area contributed by atoms with E-state index in [0.29, 0.717) is 6.04 Å². The Morgan fingerprint density at radius 1 is 1.35 bits per heavy atom. The lowest BCUT2D eigenvalue weighted by molar-refractivity contribution is 0.408. The van der Waals surface area contributed by atoms with Crippen LogP contribution in [0.1, 0.15) is 36.1 Å². The molecule has 20 heavy (non-hydrogen) atoms. The van der Waals surface area contributed by atoms with Gasteiger partial charge >= 0.3 is 0 Å². The maximum absolute atomic E-state index is 5.82. The van der Waals surface area contributed by atoms with Crippen LogP contribution in [0.3, 0.4) is 0 Å². The molecule has 2 heterocycles. The number of oxazole rings is 1. The van der Waals surface area contributed by atoms with Crippen molar-refractivity contribution in [2.24, 2.45) is 0 Å². The van der Waals surface area contributed by atoms with Gasteiger partial charge in [0.05, 0.1) is 19.3 Å². The van der Waals surface area contributed by atoms with E-state index in [4.69, 9.17) is 9.15 Å². The Morgan fingerprint density at radius 2 is 2.15 bits per heavy atom. The number of nitrogens with zero attached hydrogens (tertiary/aromatic N) is 1. The quantitative estimate of drug-likeness (QED) is 0.941. The second kappa shape index (κ2) is 6.77. The lowest BCUT2D eigenvalue weighted by atomic mass is 10.1. The van der Waals surface area contributed by atoms with Crippen molar-refractivity contribution in [2.45, 2.75) is 25.3 Å². The predicted molar refractivity (Wildman–Crippen MR) is 79.5 cm³/mol. The van der Waals surface area contributed by atoms with Crippen LogP contribution >= 0.6 is 12.4 Å². The van der Waals surface area contributed by atoms with Gasteiger partial charge < -0.3 is 14.5 Å². The monoisotopic (exact) mass is 294 g/mol. The fourth-order valence-electron chi connectivity index (χ4n) is 2.41. The molecule has 0 radical (unpaired) electrons. The second-order valence-electron chi connectivity index (χ2n) is 4.84. The number of nitrogens with one attached hydrogen (secondary N) is 1. The first-order valence-corrected chi connectivity index (χ1v) is 6.66. The van der Waals surface area contributed by atoms with Gasteiger partial charge in [0.1, 0.15) is 11.5 Å². The molecule has 0 spiro atoms. The highest BCUT2D eigenvalue weighted by Gasteiger charge is 2.20. The summed E-state index contributed by atoms with van der Waals surface area (Å²) in [4.78, 5) is 4.37. The fraction of sp³-hybridized carbons (Fsp3) is 0.400. The number of hydrogen-bond donors (Lipinski definition) is 1. The molecule has 1 aliphatic heterocycles. The van der Waals surface area contributed by atoms with E-state index in [2.05, 4.69) is 22.4 Å². The first-order valence-electron chi connectivity index (χ1n) is 6.66. The summed E-state index contributed by atoms with van der Waals surface area (Å²) in [6.45, 7) is 1.06. The van der Waals surface area contributed by atoms with Gasteiger partial charge in [-0.1, -0.05) is 12.1 Å². The molecule has 1 aromatic carbocycles. The summed E-state index contributed by atoms with van der Waals surface area (Å²) in [5, 5.41) is 3.39. The topological polar surface area (TPSA) is 47.3 Å². The second-order valence-corrected chi connectivity index (χ2v) is 4.84. The van der Waals surface area contributed by atoms with E-state index in [9.17, 15) is 0 Å². The average molecular weight is 295 g/mol. The van der Waals surface area contributed by atoms with Gasteiger partial charge in [-0.05, 0) is 37.1 Å². The highest BCUT2D eigenvalue weighted by Crippen LogP contribution is 2.23. The molecule has 2 aromatic rings. The third-order valence-corrected chi connectivity index (χ3v) is 3.47.